The number of aliphatic hydroxyl groups excluding tert-OH is 1. The van der Waals surface area contributed by atoms with Gasteiger partial charge >= 0.3 is 5.69 Å². The van der Waals surface area contributed by atoms with Crippen LogP contribution < -0.4 is 11.0 Å². The number of nitrogens with one attached hydrogen (secondary N) is 2. The summed E-state index contributed by atoms with van der Waals surface area (Å²) in [6.07, 6.45) is 4.41. The van der Waals surface area contributed by atoms with Crippen molar-refractivity contribution in [3.63, 3.8) is 0 Å². The summed E-state index contributed by atoms with van der Waals surface area (Å²) in [6, 6.07) is 1.99. The van der Waals surface area contributed by atoms with Gasteiger partial charge in [0.15, 0.2) is 5.65 Å². The summed E-state index contributed by atoms with van der Waals surface area (Å²) in [7, 11) is 0. The number of anilines is 1. The van der Waals surface area contributed by atoms with E-state index in [-0.39, 0.29) is 24.3 Å². The minimum atomic E-state index is -0.276. The number of aryl methyl sites for hydroxylation is 1. The first kappa shape index (κ1) is 13.1. The molecule has 1 fully saturated rings. The number of aromatic nitrogens is 4. The molecular formula is C13H19N5O2. The smallest absolute Gasteiger partial charge is 0.349 e. The number of hydrogen-bond acceptors (Lipinski definition) is 5. The van der Waals surface area contributed by atoms with Gasteiger partial charge in [0.1, 0.15) is 11.6 Å². The summed E-state index contributed by atoms with van der Waals surface area (Å²) in [5.41, 5.74) is 0.281. The summed E-state index contributed by atoms with van der Waals surface area (Å²) in [5, 5.41) is 19.2. The molecule has 2 atom stereocenters. The predicted octanol–water partition coefficient (Wildman–Crippen LogP) is 0.689. The molecule has 2 unspecified atom stereocenters. The van der Waals surface area contributed by atoms with E-state index in [1.165, 1.54) is 10.8 Å². The Hall–Kier alpha value is -1.89. The van der Waals surface area contributed by atoms with Crippen LogP contribution in [0.2, 0.25) is 0 Å². The van der Waals surface area contributed by atoms with Crippen molar-refractivity contribution < 1.29 is 5.11 Å². The van der Waals surface area contributed by atoms with E-state index in [9.17, 15) is 9.90 Å². The van der Waals surface area contributed by atoms with E-state index in [1.807, 2.05) is 0 Å². The molecule has 2 aromatic rings. The maximum atomic E-state index is 11.6. The fraction of sp³-hybridized carbons (Fsp3) is 0.615. The first-order valence-corrected chi connectivity index (χ1v) is 7.01. The van der Waals surface area contributed by atoms with Gasteiger partial charge in [-0.1, -0.05) is 12.8 Å². The van der Waals surface area contributed by atoms with E-state index >= 15 is 0 Å². The second-order valence-corrected chi connectivity index (χ2v) is 5.39. The number of rotatable bonds is 3. The van der Waals surface area contributed by atoms with E-state index in [0.717, 1.165) is 19.3 Å². The highest BCUT2D eigenvalue weighted by molar-refractivity contribution is 5.50. The van der Waals surface area contributed by atoms with Crippen LogP contribution in [0.5, 0.6) is 0 Å². The molecule has 2 heterocycles. The molecule has 20 heavy (non-hydrogen) atoms. The number of H-pyrrole nitrogens is 1. The summed E-state index contributed by atoms with van der Waals surface area (Å²) in [5.74, 6) is 1.57. The van der Waals surface area contributed by atoms with Gasteiger partial charge in [0.05, 0.1) is 0 Å². The lowest BCUT2D eigenvalue weighted by Crippen LogP contribution is -2.34. The first-order valence-electron chi connectivity index (χ1n) is 7.01. The molecule has 1 saturated carbocycles. The molecule has 7 nitrogen and oxygen atoms in total. The molecular weight excluding hydrogens is 258 g/mol. The zero-order valence-corrected chi connectivity index (χ0v) is 11.5. The van der Waals surface area contributed by atoms with Crippen molar-refractivity contribution in [3.05, 3.63) is 22.4 Å². The van der Waals surface area contributed by atoms with Crippen LogP contribution in [-0.2, 0) is 0 Å². The molecule has 0 radical (unpaired) electrons. The third-order valence-corrected chi connectivity index (χ3v) is 4.05. The molecule has 0 spiro atoms. The lowest BCUT2D eigenvalue weighted by Gasteiger charge is -2.31. The standard InChI is InChI=1S/C13H19N5O2/c1-8-14-11(6-12-16-17-13(20)18(8)12)15-10-5-3-2-4-9(10)7-19/h6,9-10,15,19H,2-5,7H2,1H3,(H,17,20). The van der Waals surface area contributed by atoms with E-state index in [1.54, 1.807) is 13.0 Å². The Bertz CT molecular complexity index is 662. The van der Waals surface area contributed by atoms with Gasteiger partial charge in [-0.05, 0) is 19.8 Å². The van der Waals surface area contributed by atoms with Gasteiger partial charge in [0.25, 0.3) is 0 Å². The molecule has 0 aliphatic heterocycles. The maximum Gasteiger partial charge on any atom is 0.349 e. The van der Waals surface area contributed by atoms with Crippen molar-refractivity contribution in [2.75, 3.05) is 11.9 Å². The Balaban J connectivity index is 1.88. The van der Waals surface area contributed by atoms with Gasteiger partial charge in [-0.15, -0.1) is 0 Å². The molecule has 3 rings (SSSR count). The lowest BCUT2D eigenvalue weighted by molar-refractivity contribution is 0.178. The molecule has 0 bridgehead atoms. The van der Waals surface area contributed by atoms with Crippen molar-refractivity contribution in [2.45, 2.75) is 38.6 Å². The van der Waals surface area contributed by atoms with Crippen LogP contribution in [0.3, 0.4) is 0 Å². The quantitative estimate of drug-likeness (QED) is 0.767. The van der Waals surface area contributed by atoms with Crippen molar-refractivity contribution in [1.82, 2.24) is 19.6 Å². The minimum Gasteiger partial charge on any atom is -0.396 e. The van der Waals surface area contributed by atoms with Crippen LogP contribution in [-0.4, -0.2) is 37.3 Å². The number of aromatic amines is 1. The Labute approximate surface area is 116 Å². The first-order chi connectivity index (χ1) is 9.69. The second-order valence-electron chi connectivity index (χ2n) is 5.39. The minimum absolute atomic E-state index is 0.195. The average Bonchev–Trinajstić information content (AvgIpc) is 2.81. The highest BCUT2D eigenvalue weighted by atomic mass is 16.3. The van der Waals surface area contributed by atoms with Crippen molar-refractivity contribution in [1.29, 1.82) is 0 Å². The second kappa shape index (κ2) is 5.24. The van der Waals surface area contributed by atoms with Gasteiger partial charge in [-0.25, -0.2) is 19.3 Å². The molecule has 2 aromatic heterocycles. The third-order valence-electron chi connectivity index (χ3n) is 4.05. The van der Waals surface area contributed by atoms with Crippen molar-refractivity contribution in [3.8, 4) is 0 Å². The predicted molar refractivity (Wildman–Crippen MR) is 74.8 cm³/mol. The molecule has 1 aliphatic carbocycles. The molecule has 1 aliphatic rings. The van der Waals surface area contributed by atoms with Gasteiger partial charge in [-0.3, -0.25) is 0 Å². The summed E-state index contributed by atoms with van der Waals surface area (Å²) >= 11 is 0. The topological polar surface area (TPSA) is 95.3 Å². The van der Waals surface area contributed by atoms with Crippen molar-refractivity contribution in [2.24, 2.45) is 5.92 Å². The maximum absolute atomic E-state index is 11.6. The summed E-state index contributed by atoms with van der Waals surface area (Å²) < 4.78 is 1.44. The van der Waals surface area contributed by atoms with Crippen LogP contribution in [0, 0.1) is 12.8 Å². The fourth-order valence-corrected chi connectivity index (χ4v) is 2.98. The average molecular weight is 277 g/mol. The molecule has 0 amide bonds. The van der Waals surface area contributed by atoms with Crippen LogP contribution in [0.1, 0.15) is 31.5 Å². The van der Waals surface area contributed by atoms with Gasteiger partial charge < -0.3 is 10.4 Å². The van der Waals surface area contributed by atoms with Crippen LogP contribution >= 0.6 is 0 Å². The SMILES string of the molecule is Cc1nc(NC2CCCCC2CO)cc2n[nH]c(=O)n12. The molecule has 108 valence electrons. The number of hydrogen-bond donors (Lipinski definition) is 3. The number of nitrogens with zero attached hydrogens (tertiary/aromatic N) is 3. The highest BCUT2D eigenvalue weighted by Crippen LogP contribution is 2.26. The molecule has 0 aromatic carbocycles. The van der Waals surface area contributed by atoms with Crippen molar-refractivity contribution >= 4 is 11.5 Å². The molecule has 7 heteroatoms. The van der Waals surface area contributed by atoms with E-state index in [2.05, 4.69) is 20.5 Å². The van der Waals surface area contributed by atoms with E-state index in [4.69, 9.17) is 0 Å². The Morgan fingerprint density at radius 1 is 1.50 bits per heavy atom. The summed E-state index contributed by atoms with van der Waals surface area (Å²) in [6.45, 7) is 1.97. The zero-order chi connectivity index (χ0) is 14.1. The third kappa shape index (κ3) is 2.29. The zero-order valence-electron chi connectivity index (χ0n) is 11.5. The number of fused-ring (bicyclic) bond motifs is 1. The van der Waals surface area contributed by atoms with E-state index in [0.29, 0.717) is 17.3 Å². The van der Waals surface area contributed by atoms with Crippen LogP contribution in [0.4, 0.5) is 5.82 Å². The van der Waals surface area contributed by atoms with Gasteiger partial charge in [0, 0.05) is 24.6 Å². The van der Waals surface area contributed by atoms with Crippen LogP contribution in [0.15, 0.2) is 10.9 Å². The lowest BCUT2D eigenvalue weighted by atomic mass is 9.85. The van der Waals surface area contributed by atoms with Gasteiger partial charge in [-0.2, -0.15) is 5.10 Å². The Morgan fingerprint density at radius 2 is 2.30 bits per heavy atom. The Morgan fingerprint density at radius 3 is 3.10 bits per heavy atom. The molecule has 0 saturated heterocycles. The van der Waals surface area contributed by atoms with Gasteiger partial charge in [0.2, 0.25) is 0 Å². The monoisotopic (exact) mass is 277 g/mol. The fourth-order valence-electron chi connectivity index (χ4n) is 2.98. The molecule has 3 N–H and O–H groups in total. The highest BCUT2D eigenvalue weighted by Gasteiger charge is 2.24. The number of aliphatic hydroxyl groups is 1. The van der Waals surface area contributed by atoms with Crippen LogP contribution in [0.25, 0.3) is 5.65 Å². The van der Waals surface area contributed by atoms with E-state index < -0.39 is 0 Å². The largest absolute Gasteiger partial charge is 0.396 e. The Kier molecular flexibility index (Phi) is 3.43. The normalized spacial score (nSPS) is 23.1. The summed E-state index contributed by atoms with van der Waals surface area (Å²) in [4.78, 5) is 16.0.